The average Bonchev–Trinajstić information content (AvgIpc) is 2.34. The van der Waals surface area contributed by atoms with Crippen molar-refractivity contribution in [1.82, 2.24) is 20.2 Å². The van der Waals surface area contributed by atoms with Gasteiger partial charge in [-0.1, -0.05) is 6.58 Å². The van der Waals surface area contributed by atoms with Crippen LogP contribution in [0.2, 0.25) is 0 Å². The van der Waals surface area contributed by atoms with Crippen LogP contribution in [0, 0.1) is 0 Å². The van der Waals surface area contributed by atoms with Crippen molar-refractivity contribution in [3.63, 3.8) is 0 Å². The van der Waals surface area contributed by atoms with Crippen LogP contribution in [-0.2, 0) is 16.6 Å². The summed E-state index contributed by atoms with van der Waals surface area (Å²) in [6, 6.07) is 0. The van der Waals surface area contributed by atoms with Crippen molar-refractivity contribution in [3.8, 4) is 0 Å². The number of hydrogen-bond donors (Lipinski definition) is 0. The summed E-state index contributed by atoms with van der Waals surface area (Å²) in [4.78, 5) is 11.7. The zero-order valence-electron chi connectivity index (χ0n) is 6.81. The summed E-state index contributed by atoms with van der Waals surface area (Å²) in [5.41, 5.74) is 0. The minimum Gasteiger partial charge on any atom is -0.423 e. The first-order chi connectivity index (χ1) is 5.59. The van der Waals surface area contributed by atoms with Crippen LogP contribution in [0.1, 0.15) is 12.7 Å². The molecule has 0 aliphatic carbocycles. The van der Waals surface area contributed by atoms with Gasteiger partial charge in [0.1, 0.15) is 0 Å². The number of ether oxygens (including phenoxy) is 1. The third-order valence-corrected chi connectivity index (χ3v) is 1.02. The monoisotopic (exact) mass is 168 g/mol. The molecule has 0 bridgehead atoms. The number of aromatic nitrogens is 4. The fourth-order valence-corrected chi connectivity index (χ4v) is 0.615. The first kappa shape index (κ1) is 8.38. The summed E-state index contributed by atoms with van der Waals surface area (Å²) in [7, 11) is 1.61. The Balaban J connectivity index is 2.72. The Kier molecular flexibility index (Phi) is 2.18. The van der Waals surface area contributed by atoms with Crippen LogP contribution in [0.15, 0.2) is 6.58 Å². The van der Waals surface area contributed by atoms with Gasteiger partial charge in [0.2, 0.25) is 5.82 Å². The Labute approximate surface area is 68.8 Å². The second-order valence-electron chi connectivity index (χ2n) is 2.12. The van der Waals surface area contributed by atoms with Crippen LogP contribution in [0.4, 0.5) is 0 Å². The number of tetrazole rings is 1. The highest BCUT2D eigenvalue weighted by Crippen LogP contribution is 2.05. The Morgan fingerprint density at radius 2 is 2.33 bits per heavy atom. The average molecular weight is 168 g/mol. The van der Waals surface area contributed by atoms with Crippen molar-refractivity contribution in [3.05, 3.63) is 12.4 Å². The Morgan fingerprint density at radius 3 is 2.75 bits per heavy atom. The molecule has 0 fully saturated rings. The predicted molar refractivity (Wildman–Crippen MR) is 39.6 cm³/mol. The first-order valence-corrected chi connectivity index (χ1v) is 3.21. The van der Waals surface area contributed by atoms with E-state index in [4.69, 9.17) is 0 Å². The van der Waals surface area contributed by atoms with E-state index in [2.05, 4.69) is 26.7 Å². The number of esters is 1. The molecule has 6 heteroatoms. The molecule has 12 heavy (non-hydrogen) atoms. The smallest absolute Gasteiger partial charge is 0.308 e. The fourth-order valence-electron chi connectivity index (χ4n) is 0.615. The van der Waals surface area contributed by atoms with E-state index in [-0.39, 0.29) is 11.6 Å². The van der Waals surface area contributed by atoms with Crippen LogP contribution >= 0.6 is 0 Å². The third kappa shape index (κ3) is 1.88. The van der Waals surface area contributed by atoms with Gasteiger partial charge in [-0.3, -0.25) is 4.79 Å². The largest absolute Gasteiger partial charge is 0.423 e. The van der Waals surface area contributed by atoms with Gasteiger partial charge in [0.25, 0.3) is 0 Å². The van der Waals surface area contributed by atoms with Crippen LogP contribution < -0.4 is 0 Å². The minimum absolute atomic E-state index is 0.107. The van der Waals surface area contributed by atoms with Crippen molar-refractivity contribution in [1.29, 1.82) is 0 Å². The summed E-state index contributed by atoms with van der Waals surface area (Å²) in [6.07, 6.45) is 0. The molecule has 0 amide bonds. The molecule has 1 heterocycles. The van der Waals surface area contributed by atoms with E-state index in [9.17, 15) is 4.79 Å². The molecule has 1 aromatic rings. The molecule has 0 spiro atoms. The number of rotatable bonds is 2. The molecular weight excluding hydrogens is 160 g/mol. The van der Waals surface area contributed by atoms with Crippen molar-refractivity contribution < 1.29 is 9.53 Å². The molecule has 0 radical (unpaired) electrons. The van der Waals surface area contributed by atoms with Gasteiger partial charge in [0.05, 0.1) is 7.05 Å². The molecule has 0 unspecified atom stereocenters. The SMILES string of the molecule is C=C(OC(C)=O)c1nnn(C)n1. The summed E-state index contributed by atoms with van der Waals surface area (Å²) < 4.78 is 4.64. The van der Waals surface area contributed by atoms with E-state index in [1.807, 2.05) is 0 Å². The second-order valence-corrected chi connectivity index (χ2v) is 2.12. The summed E-state index contributed by atoms with van der Waals surface area (Å²) >= 11 is 0. The normalized spacial score (nSPS) is 9.50. The molecule has 64 valence electrons. The third-order valence-electron chi connectivity index (χ3n) is 1.02. The standard InChI is InChI=1S/C6H8N4O2/c1-4(12-5(2)11)6-7-9-10(3)8-6/h1H2,2-3H3. The molecule has 0 saturated heterocycles. The quantitative estimate of drug-likeness (QED) is 0.449. The molecule has 0 atom stereocenters. The molecule has 0 saturated carbocycles. The zero-order chi connectivity index (χ0) is 9.14. The van der Waals surface area contributed by atoms with Crippen LogP contribution in [0.3, 0.4) is 0 Å². The number of carbonyl (C=O) groups excluding carboxylic acids is 1. The Bertz CT molecular complexity index is 317. The highest BCUT2D eigenvalue weighted by atomic mass is 16.5. The maximum atomic E-state index is 10.5. The lowest BCUT2D eigenvalue weighted by Gasteiger charge is -1.97. The van der Waals surface area contributed by atoms with Crippen molar-refractivity contribution in [2.45, 2.75) is 6.92 Å². The lowest BCUT2D eigenvalue weighted by atomic mass is 10.5. The number of carbonyl (C=O) groups is 1. The number of hydrogen-bond acceptors (Lipinski definition) is 5. The summed E-state index contributed by atoms with van der Waals surface area (Å²) in [6.45, 7) is 4.74. The van der Waals surface area contributed by atoms with E-state index in [0.717, 1.165) is 0 Å². The lowest BCUT2D eigenvalue weighted by molar-refractivity contribution is -0.134. The molecular formula is C6H8N4O2. The predicted octanol–water partition coefficient (Wildman–Crippen LogP) is -0.256. The number of nitrogens with zero attached hydrogens (tertiary/aromatic N) is 4. The molecule has 0 aliphatic rings. The van der Waals surface area contributed by atoms with E-state index in [1.54, 1.807) is 7.05 Å². The van der Waals surface area contributed by atoms with Gasteiger partial charge in [-0.2, -0.15) is 4.80 Å². The van der Waals surface area contributed by atoms with Crippen LogP contribution in [0.5, 0.6) is 0 Å². The maximum Gasteiger partial charge on any atom is 0.308 e. The van der Waals surface area contributed by atoms with Gasteiger partial charge in [-0.25, -0.2) is 0 Å². The number of aryl methyl sites for hydroxylation is 1. The van der Waals surface area contributed by atoms with E-state index < -0.39 is 5.97 Å². The lowest BCUT2D eigenvalue weighted by Crippen LogP contribution is -1.99. The highest BCUT2D eigenvalue weighted by Gasteiger charge is 2.08. The van der Waals surface area contributed by atoms with Gasteiger partial charge >= 0.3 is 5.97 Å². The van der Waals surface area contributed by atoms with Gasteiger partial charge in [-0.05, 0) is 5.21 Å². The Morgan fingerprint density at radius 1 is 1.67 bits per heavy atom. The molecule has 1 aromatic heterocycles. The molecule has 1 rings (SSSR count). The van der Waals surface area contributed by atoms with Gasteiger partial charge < -0.3 is 4.74 Å². The second kappa shape index (κ2) is 3.12. The van der Waals surface area contributed by atoms with E-state index in [1.165, 1.54) is 11.7 Å². The van der Waals surface area contributed by atoms with Gasteiger partial charge in [-0.15, -0.1) is 10.2 Å². The molecule has 0 N–H and O–H groups in total. The van der Waals surface area contributed by atoms with Crippen molar-refractivity contribution in [2.24, 2.45) is 7.05 Å². The van der Waals surface area contributed by atoms with Crippen molar-refractivity contribution in [2.75, 3.05) is 0 Å². The van der Waals surface area contributed by atoms with Crippen LogP contribution in [0.25, 0.3) is 5.76 Å². The zero-order valence-corrected chi connectivity index (χ0v) is 6.81. The minimum atomic E-state index is -0.451. The summed E-state index contributed by atoms with van der Waals surface area (Å²) in [5.74, 6) is -0.129. The Hall–Kier alpha value is -1.72. The molecule has 0 aliphatic heterocycles. The highest BCUT2D eigenvalue weighted by molar-refractivity contribution is 5.73. The van der Waals surface area contributed by atoms with Crippen LogP contribution in [-0.4, -0.2) is 26.2 Å². The topological polar surface area (TPSA) is 69.9 Å². The van der Waals surface area contributed by atoms with Gasteiger partial charge in [0.15, 0.2) is 5.76 Å². The van der Waals surface area contributed by atoms with E-state index in [0.29, 0.717) is 0 Å². The van der Waals surface area contributed by atoms with Gasteiger partial charge in [0, 0.05) is 6.92 Å². The maximum absolute atomic E-state index is 10.5. The van der Waals surface area contributed by atoms with Crippen molar-refractivity contribution >= 4 is 11.7 Å². The fraction of sp³-hybridized carbons (Fsp3) is 0.333. The molecule has 0 aromatic carbocycles. The van der Waals surface area contributed by atoms with E-state index >= 15 is 0 Å². The first-order valence-electron chi connectivity index (χ1n) is 3.21. The molecule has 6 nitrogen and oxygen atoms in total. The summed E-state index contributed by atoms with van der Waals surface area (Å²) in [5, 5.41) is 10.9.